The van der Waals surface area contributed by atoms with Gasteiger partial charge in [0.2, 0.25) is 0 Å². The minimum Gasteiger partial charge on any atom is -0.397 e. The van der Waals surface area contributed by atoms with Gasteiger partial charge in [-0.25, -0.2) is 4.98 Å². The van der Waals surface area contributed by atoms with Crippen molar-refractivity contribution in [2.24, 2.45) is 0 Å². The van der Waals surface area contributed by atoms with E-state index in [9.17, 15) is 4.39 Å². The number of benzene rings is 1. The first kappa shape index (κ1) is 13.9. The molecule has 3 heterocycles. The van der Waals surface area contributed by atoms with Gasteiger partial charge in [0.1, 0.15) is 6.23 Å². The molecule has 1 unspecified atom stereocenters. The number of rotatable bonds is 3. The molecule has 0 spiro atoms. The van der Waals surface area contributed by atoms with E-state index in [1.807, 2.05) is 12.1 Å². The van der Waals surface area contributed by atoms with Crippen molar-refractivity contribution in [2.45, 2.75) is 19.1 Å². The summed E-state index contributed by atoms with van der Waals surface area (Å²) in [5.74, 6) is 0.280. The van der Waals surface area contributed by atoms with Crippen molar-refractivity contribution in [1.82, 2.24) is 19.5 Å². The lowest BCUT2D eigenvalue weighted by atomic mass is 10.2. The lowest BCUT2D eigenvalue weighted by Gasteiger charge is -2.12. The summed E-state index contributed by atoms with van der Waals surface area (Å²) in [5.41, 5.74) is 7.97. The maximum absolute atomic E-state index is 13.9. The molecule has 1 fully saturated rings. The van der Waals surface area contributed by atoms with Crippen molar-refractivity contribution in [2.75, 3.05) is 17.7 Å². The van der Waals surface area contributed by atoms with Crippen LogP contribution in [-0.4, -0.2) is 26.1 Å². The number of nitrogens with two attached hydrogens (primary N) is 1. The molecular formula is C15H15FN6O. The van der Waals surface area contributed by atoms with Gasteiger partial charge in [-0.1, -0.05) is 12.1 Å². The molecule has 2 aromatic heterocycles. The van der Waals surface area contributed by atoms with Crippen LogP contribution < -0.4 is 11.1 Å². The predicted octanol–water partition coefficient (Wildman–Crippen LogP) is 2.60. The molecule has 0 aliphatic carbocycles. The van der Waals surface area contributed by atoms with E-state index >= 15 is 0 Å². The topological polar surface area (TPSA) is 90.9 Å². The van der Waals surface area contributed by atoms with Gasteiger partial charge in [-0.05, 0) is 25.0 Å². The average molecular weight is 314 g/mol. The van der Waals surface area contributed by atoms with Crippen LogP contribution in [0.5, 0.6) is 0 Å². The smallest absolute Gasteiger partial charge is 0.312 e. The maximum atomic E-state index is 13.9. The highest BCUT2D eigenvalue weighted by Gasteiger charge is 2.22. The van der Waals surface area contributed by atoms with E-state index in [-0.39, 0.29) is 12.0 Å². The molecule has 0 amide bonds. The van der Waals surface area contributed by atoms with Gasteiger partial charge in [0.25, 0.3) is 0 Å². The maximum Gasteiger partial charge on any atom is 0.312 e. The fourth-order valence-electron chi connectivity index (χ4n) is 2.71. The van der Waals surface area contributed by atoms with Crippen LogP contribution >= 0.6 is 0 Å². The van der Waals surface area contributed by atoms with E-state index in [1.54, 1.807) is 23.0 Å². The molecule has 1 aliphatic rings. The second-order valence-corrected chi connectivity index (χ2v) is 5.35. The molecule has 118 valence electrons. The third kappa shape index (κ3) is 2.46. The lowest BCUT2D eigenvalue weighted by Crippen LogP contribution is -2.08. The van der Waals surface area contributed by atoms with Gasteiger partial charge in [-0.3, -0.25) is 4.57 Å². The highest BCUT2D eigenvalue weighted by Crippen LogP contribution is 2.30. The highest BCUT2D eigenvalue weighted by molar-refractivity contribution is 5.87. The number of fused-ring (bicyclic) bond motifs is 1. The SMILES string of the molecule is Nc1ccccc1Nc1nc(F)nc2c1ncn2C1CCCO1. The number of aromatic nitrogens is 4. The standard InChI is InChI=1S/C15H15FN6O/c16-15-20-13(19-10-5-2-1-4-9(10)17)12-14(21-15)22(8-18-12)11-6-3-7-23-11/h1-2,4-5,8,11H,3,6-7,17H2,(H,19,20,21). The summed E-state index contributed by atoms with van der Waals surface area (Å²) in [7, 11) is 0. The minimum absolute atomic E-state index is 0.163. The first-order valence-electron chi connectivity index (χ1n) is 7.35. The number of nitrogens with one attached hydrogen (secondary N) is 1. The fourth-order valence-corrected chi connectivity index (χ4v) is 2.71. The van der Waals surface area contributed by atoms with Crippen molar-refractivity contribution >= 4 is 28.4 Å². The Bertz CT molecular complexity index is 858. The minimum atomic E-state index is -0.825. The molecule has 0 saturated carbocycles. The Morgan fingerprint density at radius 2 is 2.17 bits per heavy atom. The normalized spacial score (nSPS) is 17.7. The van der Waals surface area contributed by atoms with Crippen molar-refractivity contribution < 1.29 is 9.13 Å². The van der Waals surface area contributed by atoms with E-state index in [0.29, 0.717) is 29.1 Å². The van der Waals surface area contributed by atoms with Crippen LogP contribution in [0.1, 0.15) is 19.1 Å². The molecule has 1 atom stereocenters. The van der Waals surface area contributed by atoms with E-state index in [0.717, 1.165) is 12.8 Å². The van der Waals surface area contributed by atoms with Crippen LogP contribution in [0.25, 0.3) is 11.2 Å². The highest BCUT2D eigenvalue weighted by atomic mass is 19.1. The molecule has 3 aromatic rings. The molecule has 8 heteroatoms. The summed E-state index contributed by atoms with van der Waals surface area (Å²) in [6.07, 6.45) is 2.43. The van der Waals surface area contributed by atoms with Gasteiger partial charge >= 0.3 is 6.08 Å². The average Bonchev–Trinajstić information content (AvgIpc) is 3.18. The first-order valence-corrected chi connectivity index (χ1v) is 7.35. The number of anilines is 3. The largest absolute Gasteiger partial charge is 0.397 e. The molecule has 0 radical (unpaired) electrons. The molecule has 0 bridgehead atoms. The first-order chi connectivity index (χ1) is 11.2. The monoisotopic (exact) mass is 314 g/mol. The third-order valence-corrected chi connectivity index (χ3v) is 3.82. The van der Waals surface area contributed by atoms with Gasteiger partial charge in [-0.15, -0.1) is 0 Å². The van der Waals surface area contributed by atoms with Crippen molar-refractivity contribution in [3.8, 4) is 0 Å². The summed E-state index contributed by atoms with van der Waals surface area (Å²) < 4.78 is 21.2. The summed E-state index contributed by atoms with van der Waals surface area (Å²) in [6, 6.07) is 7.20. The van der Waals surface area contributed by atoms with Crippen LogP contribution in [0, 0.1) is 6.08 Å². The van der Waals surface area contributed by atoms with E-state index in [1.165, 1.54) is 0 Å². The Labute approximate surface area is 131 Å². The van der Waals surface area contributed by atoms with Crippen molar-refractivity contribution in [3.05, 3.63) is 36.7 Å². The molecule has 7 nitrogen and oxygen atoms in total. The van der Waals surface area contributed by atoms with E-state index in [4.69, 9.17) is 10.5 Å². The van der Waals surface area contributed by atoms with Crippen LogP contribution in [0.4, 0.5) is 21.6 Å². The number of nitrogens with zero attached hydrogens (tertiary/aromatic N) is 4. The van der Waals surface area contributed by atoms with Crippen molar-refractivity contribution in [3.63, 3.8) is 0 Å². The van der Waals surface area contributed by atoms with Crippen LogP contribution in [-0.2, 0) is 4.74 Å². The Hall–Kier alpha value is -2.74. The molecule has 23 heavy (non-hydrogen) atoms. The summed E-state index contributed by atoms with van der Waals surface area (Å²) in [4.78, 5) is 12.0. The van der Waals surface area contributed by atoms with Gasteiger partial charge < -0.3 is 15.8 Å². The lowest BCUT2D eigenvalue weighted by molar-refractivity contribution is 0.0592. The number of halogens is 1. The number of para-hydroxylation sites is 2. The number of hydrogen-bond acceptors (Lipinski definition) is 6. The molecule has 1 saturated heterocycles. The fraction of sp³-hybridized carbons (Fsp3) is 0.267. The molecule has 4 rings (SSSR count). The Morgan fingerprint density at radius 3 is 2.96 bits per heavy atom. The number of imidazole rings is 1. The Morgan fingerprint density at radius 1 is 1.30 bits per heavy atom. The summed E-state index contributed by atoms with van der Waals surface area (Å²) >= 11 is 0. The second kappa shape index (κ2) is 5.47. The summed E-state index contributed by atoms with van der Waals surface area (Å²) in [5, 5.41) is 3.03. The van der Waals surface area contributed by atoms with E-state index < -0.39 is 6.08 Å². The molecular weight excluding hydrogens is 299 g/mol. The zero-order valence-corrected chi connectivity index (χ0v) is 12.2. The number of nitrogen functional groups attached to an aromatic ring is 1. The number of hydrogen-bond donors (Lipinski definition) is 2. The van der Waals surface area contributed by atoms with Crippen LogP contribution in [0.3, 0.4) is 0 Å². The summed E-state index contributed by atoms with van der Waals surface area (Å²) in [6.45, 7) is 0.684. The van der Waals surface area contributed by atoms with Gasteiger partial charge in [0, 0.05) is 6.61 Å². The zero-order valence-electron chi connectivity index (χ0n) is 12.2. The van der Waals surface area contributed by atoms with Gasteiger partial charge in [0.05, 0.1) is 17.7 Å². The third-order valence-electron chi connectivity index (χ3n) is 3.82. The molecule has 3 N–H and O–H groups in total. The zero-order chi connectivity index (χ0) is 15.8. The van der Waals surface area contributed by atoms with E-state index in [2.05, 4.69) is 20.3 Å². The van der Waals surface area contributed by atoms with Gasteiger partial charge in [-0.2, -0.15) is 14.4 Å². The Kier molecular flexibility index (Phi) is 3.30. The second-order valence-electron chi connectivity index (χ2n) is 5.35. The van der Waals surface area contributed by atoms with Crippen LogP contribution in [0.2, 0.25) is 0 Å². The van der Waals surface area contributed by atoms with Crippen LogP contribution in [0.15, 0.2) is 30.6 Å². The molecule has 1 aliphatic heterocycles. The predicted molar refractivity (Wildman–Crippen MR) is 83.6 cm³/mol. The Balaban J connectivity index is 1.79. The number of ether oxygens (including phenoxy) is 1. The molecule has 1 aromatic carbocycles. The van der Waals surface area contributed by atoms with Gasteiger partial charge in [0.15, 0.2) is 17.0 Å². The quantitative estimate of drug-likeness (QED) is 0.570. The van der Waals surface area contributed by atoms with Crippen molar-refractivity contribution in [1.29, 1.82) is 0 Å².